The quantitative estimate of drug-likeness (QED) is 0.766. The number of nitrogens with one attached hydrogen (secondary N) is 2. The van der Waals surface area contributed by atoms with Crippen LogP contribution in [0.3, 0.4) is 0 Å². The Kier molecular flexibility index (Phi) is 6.14. The lowest BCUT2D eigenvalue weighted by molar-refractivity contribution is -0.0457. The number of urea groups is 1. The van der Waals surface area contributed by atoms with Crippen LogP contribution < -0.4 is 10.6 Å². The molecular weight excluding hydrogens is 292 g/mol. The van der Waals surface area contributed by atoms with Gasteiger partial charge in [0.15, 0.2) is 0 Å². The fourth-order valence-corrected chi connectivity index (χ4v) is 4.15. The number of carbonyl (C=O) groups excluding carboxylic acids is 1. The Bertz CT molecular complexity index is 387. The zero-order chi connectivity index (χ0) is 16.1. The van der Waals surface area contributed by atoms with Crippen LogP contribution in [0.4, 0.5) is 4.79 Å². The minimum atomic E-state index is -0.0723. The van der Waals surface area contributed by atoms with Gasteiger partial charge in [-0.3, -0.25) is 4.90 Å². The Morgan fingerprint density at radius 3 is 2.87 bits per heavy atom. The van der Waals surface area contributed by atoms with E-state index in [2.05, 4.69) is 27.5 Å². The van der Waals surface area contributed by atoms with Gasteiger partial charge in [0.05, 0.1) is 12.7 Å². The van der Waals surface area contributed by atoms with E-state index in [1.54, 1.807) is 0 Å². The molecule has 0 radical (unpaired) electrons. The minimum absolute atomic E-state index is 0.0723. The van der Waals surface area contributed by atoms with Crippen LogP contribution in [0.5, 0.6) is 0 Å². The van der Waals surface area contributed by atoms with Crippen molar-refractivity contribution in [1.82, 2.24) is 20.4 Å². The second-order valence-electron chi connectivity index (χ2n) is 7.30. The first-order valence-corrected chi connectivity index (χ1v) is 9.30. The first-order valence-electron chi connectivity index (χ1n) is 9.30. The SMILES string of the molecule is CN(CCNC(=O)NC[C@H]1CN2CCC[C@H]2CO1)C1CCCC1. The summed E-state index contributed by atoms with van der Waals surface area (Å²) < 4.78 is 5.86. The molecule has 0 bridgehead atoms. The maximum absolute atomic E-state index is 11.9. The molecular formula is C17H32N4O2. The van der Waals surface area contributed by atoms with Crippen molar-refractivity contribution < 1.29 is 9.53 Å². The lowest BCUT2D eigenvalue weighted by atomic mass is 10.2. The van der Waals surface area contributed by atoms with Crippen molar-refractivity contribution >= 4 is 6.03 Å². The van der Waals surface area contributed by atoms with E-state index in [0.29, 0.717) is 25.2 Å². The van der Waals surface area contributed by atoms with E-state index in [0.717, 1.165) is 19.7 Å². The van der Waals surface area contributed by atoms with Gasteiger partial charge in [-0.15, -0.1) is 0 Å². The molecule has 3 fully saturated rings. The number of amides is 2. The highest BCUT2D eigenvalue weighted by Crippen LogP contribution is 2.22. The Balaban J connectivity index is 1.26. The molecule has 1 aliphatic carbocycles. The van der Waals surface area contributed by atoms with E-state index in [4.69, 9.17) is 4.74 Å². The van der Waals surface area contributed by atoms with Crippen LogP contribution in [0.15, 0.2) is 0 Å². The first kappa shape index (κ1) is 17.0. The molecule has 0 aromatic heterocycles. The van der Waals surface area contributed by atoms with Gasteiger partial charge < -0.3 is 20.3 Å². The number of likely N-dealkylation sites (N-methyl/N-ethyl adjacent to an activating group) is 1. The average Bonchev–Trinajstić information content (AvgIpc) is 3.23. The monoisotopic (exact) mass is 324 g/mol. The van der Waals surface area contributed by atoms with Gasteiger partial charge in [-0.2, -0.15) is 0 Å². The third-order valence-electron chi connectivity index (χ3n) is 5.65. The maximum Gasteiger partial charge on any atom is 0.314 e. The molecule has 2 N–H and O–H groups in total. The van der Waals surface area contributed by atoms with Gasteiger partial charge in [-0.25, -0.2) is 4.79 Å². The summed E-state index contributed by atoms with van der Waals surface area (Å²) in [5.74, 6) is 0. The van der Waals surface area contributed by atoms with Crippen LogP contribution in [-0.2, 0) is 4.74 Å². The van der Waals surface area contributed by atoms with Crippen LogP contribution in [0.2, 0.25) is 0 Å². The molecule has 6 heteroatoms. The Morgan fingerprint density at radius 2 is 2.04 bits per heavy atom. The van der Waals surface area contributed by atoms with Crippen LogP contribution in [0, 0.1) is 0 Å². The zero-order valence-electron chi connectivity index (χ0n) is 14.4. The number of ether oxygens (including phenoxy) is 1. The standard InChI is InChI=1S/C17H32N4O2/c1-20(14-5-2-3-6-14)10-8-18-17(22)19-11-16-12-21-9-4-7-15(21)13-23-16/h14-16H,2-13H2,1H3,(H2,18,19,22)/t15-,16-/m0/s1. The van der Waals surface area contributed by atoms with Crippen molar-refractivity contribution in [3.63, 3.8) is 0 Å². The number of carbonyl (C=O) groups is 1. The number of fused-ring (bicyclic) bond motifs is 1. The fraction of sp³-hybridized carbons (Fsp3) is 0.941. The van der Waals surface area contributed by atoms with Crippen molar-refractivity contribution in [1.29, 1.82) is 0 Å². The number of hydrogen-bond acceptors (Lipinski definition) is 4. The Hall–Kier alpha value is -0.850. The second-order valence-corrected chi connectivity index (χ2v) is 7.30. The van der Waals surface area contributed by atoms with Crippen LogP contribution in [-0.4, -0.2) is 80.4 Å². The zero-order valence-corrected chi connectivity index (χ0v) is 14.4. The Labute approximate surface area is 139 Å². The van der Waals surface area contributed by atoms with Gasteiger partial charge in [0.25, 0.3) is 0 Å². The molecule has 2 atom stereocenters. The third-order valence-corrected chi connectivity index (χ3v) is 5.65. The molecule has 2 saturated heterocycles. The van der Waals surface area contributed by atoms with E-state index in [-0.39, 0.29) is 12.1 Å². The highest BCUT2D eigenvalue weighted by atomic mass is 16.5. The number of morpholine rings is 1. The molecule has 2 heterocycles. The molecule has 1 saturated carbocycles. The van der Waals surface area contributed by atoms with E-state index < -0.39 is 0 Å². The highest BCUT2D eigenvalue weighted by Gasteiger charge is 2.32. The molecule has 6 nitrogen and oxygen atoms in total. The smallest absolute Gasteiger partial charge is 0.314 e. The molecule has 23 heavy (non-hydrogen) atoms. The summed E-state index contributed by atoms with van der Waals surface area (Å²) in [6, 6.07) is 1.26. The van der Waals surface area contributed by atoms with E-state index in [9.17, 15) is 4.79 Å². The highest BCUT2D eigenvalue weighted by molar-refractivity contribution is 5.73. The molecule has 3 rings (SSSR count). The predicted octanol–water partition coefficient (Wildman–Crippen LogP) is 1.02. The van der Waals surface area contributed by atoms with Crippen LogP contribution in [0.1, 0.15) is 38.5 Å². The van der Waals surface area contributed by atoms with Gasteiger partial charge in [0, 0.05) is 38.3 Å². The second kappa shape index (κ2) is 8.31. The number of hydrogen-bond donors (Lipinski definition) is 2. The van der Waals surface area contributed by atoms with Crippen molar-refractivity contribution in [2.24, 2.45) is 0 Å². The Morgan fingerprint density at radius 1 is 1.22 bits per heavy atom. The van der Waals surface area contributed by atoms with Gasteiger partial charge in [-0.1, -0.05) is 12.8 Å². The summed E-state index contributed by atoms with van der Waals surface area (Å²) in [5, 5.41) is 5.92. The lowest BCUT2D eigenvalue weighted by Gasteiger charge is -2.35. The van der Waals surface area contributed by atoms with E-state index in [1.807, 2.05) is 0 Å². The van der Waals surface area contributed by atoms with Crippen molar-refractivity contribution in [3.8, 4) is 0 Å². The third kappa shape index (κ3) is 4.81. The summed E-state index contributed by atoms with van der Waals surface area (Å²) in [5.41, 5.74) is 0. The maximum atomic E-state index is 11.9. The van der Waals surface area contributed by atoms with Gasteiger partial charge in [0.1, 0.15) is 0 Å². The minimum Gasteiger partial charge on any atom is -0.373 e. The molecule has 0 spiro atoms. The molecule has 132 valence electrons. The summed E-state index contributed by atoms with van der Waals surface area (Å²) in [6.07, 6.45) is 7.98. The molecule has 3 aliphatic rings. The molecule has 0 unspecified atom stereocenters. The van der Waals surface area contributed by atoms with Crippen LogP contribution >= 0.6 is 0 Å². The van der Waals surface area contributed by atoms with E-state index in [1.165, 1.54) is 45.1 Å². The fourth-order valence-electron chi connectivity index (χ4n) is 4.15. The molecule has 2 amide bonds. The van der Waals surface area contributed by atoms with Crippen molar-refractivity contribution in [2.75, 3.05) is 46.4 Å². The van der Waals surface area contributed by atoms with E-state index >= 15 is 0 Å². The summed E-state index contributed by atoms with van der Waals surface area (Å²) in [7, 11) is 2.16. The largest absolute Gasteiger partial charge is 0.373 e. The number of nitrogens with zero attached hydrogens (tertiary/aromatic N) is 2. The molecule has 0 aromatic carbocycles. The van der Waals surface area contributed by atoms with Crippen molar-refractivity contribution in [3.05, 3.63) is 0 Å². The van der Waals surface area contributed by atoms with Gasteiger partial charge in [0.2, 0.25) is 0 Å². The van der Waals surface area contributed by atoms with Crippen molar-refractivity contribution in [2.45, 2.75) is 56.7 Å². The summed E-state index contributed by atoms with van der Waals surface area (Å²) in [6.45, 7) is 5.19. The summed E-state index contributed by atoms with van der Waals surface area (Å²) >= 11 is 0. The van der Waals surface area contributed by atoms with Gasteiger partial charge >= 0.3 is 6.03 Å². The topological polar surface area (TPSA) is 56.8 Å². The lowest BCUT2D eigenvalue weighted by Crippen LogP contribution is -2.51. The van der Waals surface area contributed by atoms with Gasteiger partial charge in [-0.05, 0) is 39.3 Å². The average molecular weight is 324 g/mol. The normalized spacial score (nSPS) is 29.0. The first-order chi connectivity index (χ1) is 11.2. The predicted molar refractivity (Wildman–Crippen MR) is 90.6 cm³/mol. The summed E-state index contributed by atoms with van der Waals surface area (Å²) in [4.78, 5) is 16.8. The molecule has 0 aromatic rings. The molecule has 2 aliphatic heterocycles. The van der Waals surface area contributed by atoms with Crippen LogP contribution in [0.25, 0.3) is 0 Å². The number of rotatable bonds is 6.